The van der Waals surface area contributed by atoms with Crippen LogP contribution in [0.2, 0.25) is 0 Å². The number of carbonyl (C=O) groups excluding carboxylic acids is 3. The van der Waals surface area contributed by atoms with Crippen molar-refractivity contribution in [3.05, 3.63) is 36.4 Å². The minimum atomic E-state index is -0.727. The molecule has 1 fully saturated rings. The number of esters is 1. The molecule has 3 rings (SSSR count). The van der Waals surface area contributed by atoms with Crippen LogP contribution in [0, 0.1) is 23.7 Å². The summed E-state index contributed by atoms with van der Waals surface area (Å²) in [6.45, 7) is 10.4. The van der Waals surface area contributed by atoms with Crippen molar-refractivity contribution in [2.45, 2.75) is 53.0 Å². The van der Waals surface area contributed by atoms with E-state index in [9.17, 15) is 19.5 Å². The van der Waals surface area contributed by atoms with Crippen LogP contribution < -0.4 is 10.2 Å². The first-order chi connectivity index (χ1) is 17.4. The van der Waals surface area contributed by atoms with Crippen molar-refractivity contribution in [1.82, 2.24) is 4.90 Å². The van der Waals surface area contributed by atoms with Gasteiger partial charge in [0.25, 0.3) is 0 Å². The molecule has 198 valence electrons. The molecule has 1 heterocycles. The molecule has 1 saturated heterocycles. The summed E-state index contributed by atoms with van der Waals surface area (Å²) in [4.78, 5) is 44.1. The zero-order valence-electron chi connectivity index (χ0n) is 22.0. The van der Waals surface area contributed by atoms with E-state index in [1.807, 2.05) is 43.3 Å². The normalized spacial score (nSPS) is 25.0. The summed E-state index contributed by atoms with van der Waals surface area (Å²) in [7, 11) is 0. The second-order valence-electron chi connectivity index (χ2n) is 9.45. The van der Waals surface area contributed by atoms with Crippen molar-refractivity contribution in [3.63, 3.8) is 0 Å². The van der Waals surface area contributed by atoms with Gasteiger partial charge in [-0.2, -0.15) is 0 Å². The average molecular weight is 500 g/mol. The number of hydrogen-bond acceptors (Lipinski definition) is 6. The molecule has 1 aromatic carbocycles. The Kier molecular flexibility index (Phi) is 9.93. The zero-order valence-corrected chi connectivity index (χ0v) is 22.0. The van der Waals surface area contributed by atoms with Gasteiger partial charge in [0.2, 0.25) is 11.8 Å². The number of fused-ring (bicyclic) bond motifs is 1. The summed E-state index contributed by atoms with van der Waals surface area (Å²) in [5, 5.41) is 12.3. The van der Waals surface area contributed by atoms with Crippen molar-refractivity contribution in [3.8, 4) is 0 Å². The van der Waals surface area contributed by atoms with E-state index in [1.54, 1.807) is 11.8 Å². The van der Waals surface area contributed by atoms with Gasteiger partial charge in [-0.25, -0.2) is 0 Å². The molecule has 1 aliphatic carbocycles. The Morgan fingerprint density at radius 3 is 2.33 bits per heavy atom. The number of unbranched alkanes of at least 4 members (excludes halogenated alkanes) is 1. The number of allylic oxidation sites excluding steroid dienone is 1. The Labute approximate surface area is 214 Å². The second kappa shape index (κ2) is 12.9. The van der Waals surface area contributed by atoms with Crippen LogP contribution in [0.15, 0.2) is 36.4 Å². The zero-order chi connectivity index (χ0) is 26.2. The molecule has 0 unspecified atom stereocenters. The molecule has 0 spiro atoms. The Morgan fingerprint density at radius 2 is 1.75 bits per heavy atom. The highest BCUT2D eigenvalue weighted by Crippen LogP contribution is 2.45. The van der Waals surface area contributed by atoms with Crippen LogP contribution in [0.3, 0.4) is 0 Å². The van der Waals surface area contributed by atoms with Gasteiger partial charge in [-0.05, 0) is 70.2 Å². The minimum absolute atomic E-state index is 0.0217. The first kappa shape index (κ1) is 27.7. The highest BCUT2D eigenvalue weighted by molar-refractivity contribution is 6.01. The smallest absolute Gasteiger partial charge is 0.310 e. The van der Waals surface area contributed by atoms with E-state index < -0.39 is 23.8 Å². The van der Waals surface area contributed by atoms with E-state index in [0.717, 1.165) is 18.8 Å². The Balaban J connectivity index is 1.89. The predicted octanol–water partition coefficient (Wildman–Crippen LogP) is 3.46. The Hall–Kier alpha value is -2.87. The summed E-state index contributed by atoms with van der Waals surface area (Å²) >= 11 is 0. The van der Waals surface area contributed by atoms with E-state index in [2.05, 4.69) is 24.1 Å². The number of aliphatic hydroxyl groups excluding tert-OH is 1. The van der Waals surface area contributed by atoms with Gasteiger partial charge in [-0.15, -0.1) is 0 Å². The number of aliphatic hydroxyl groups is 1. The number of nitrogens with one attached hydrogen (secondary N) is 1. The van der Waals surface area contributed by atoms with Crippen LogP contribution in [0.4, 0.5) is 11.4 Å². The first-order valence-electron chi connectivity index (χ1n) is 13.3. The summed E-state index contributed by atoms with van der Waals surface area (Å²) in [5.41, 5.74) is 1.74. The SMILES string of the molecule is CCOC(=O)[C@H]1[C@@H]2C(=O)N(CCCCO)[C@H](C(=O)Nc3ccc(N(CC)CC)cc3)[C@H]2C=C[C@H]1CC. The first-order valence-corrected chi connectivity index (χ1v) is 13.3. The van der Waals surface area contributed by atoms with Gasteiger partial charge < -0.3 is 25.0 Å². The molecule has 36 heavy (non-hydrogen) atoms. The molecule has 1 aliphatic heterocycles. The molecule has 0 aromatic heterocycles. The third-order valence-corrected chi connectivity index (χ3v) is 7.48. The summed E-state index contributed by atoms with van der Waals surface area (Å²) in [6.07, 6.45) is 5.75. The van der Waals surface area contributed by atoms with Crippen LogP contribution in [-0.2, 0) is 19.1 Å². The van der Waals surface area contributed by atoms with E-state index >= 15 is 0 Å². The number of anilines is 2. The lowest BCUT2D eigenvalue weighted by molar-refractivity contribution is -0.155. The molecule has 1 aromatic rings. The highest BCUT2D eigenvalue weighted by Gasteiger charge is 2.57. The molecule has 0 radical (unpaired) electrons. The van der Waals surface area contributed by atoms with E-state index in [1.165, 1.54) is 0 Å². The largest absolute Gasteiger partial charge is 0.466 e. The van der Waals surface area contributed by atoms with Crippen molar-refractivity contribution >= 4 is 29.2 Å². The third kappa shape index (κ3) is 5.75. The maximum absolute atomic E-state index is 13.7. The molecule has 0 saturated carbocycles. The lowest BCUT2D eigenvalue weighted by Crippen LogP contribution is -2.44. The summed E-state index contributed by atoms with van der Waals surface area (Å²) in [5.74, 6) is -2.59. The minimum Gasteiger partial charge on any atom is -0.466 e. The molecular formula is C28H41N3O5. The van der Waals surface area contributed by atoms with Gasteiger partial charge in [0.1, 0.15) is 6.04 Å². The standard InChI is InChI=1S/C28H41N3O5/c1-5-19-11-16-22-24(23(19)28(35)36-8-4)27(34)31(17-9-10-18-32)25(22)26(33)29-20-12-14-21(15-13-20)30(6-2)7-3/h11-16,19,22-25,32H,5-10,17-18H2,1-4H3,(H,29,33)/t19-,22+,23-,24-,25+/m1/s1. The quantitative estimate of drug-likeness (QED) is 0.260. The van der Waals surface area contributed by atoms with Crippen LogP contribution in [0.1, 0.15) is 47.0 Å². The molecule has 8 heteroatoms. The third-order valence-electron chi connectivity index (χ3n) is 7.48. The van der Waals surface area contributed by atoms with E-state index in [0.29, 0.717) is 31.5 Å². The van der Waals surface area contributed by atoms with Crippen molar-refractivity contribution in [2.24, 2.45) is 23.7 Å². The lowest BCUT2D eigenvalue weighted by Gasteiger charge is -2.33. The van der Waals surface area contributed by atoms with Crippen LogP contribution >= 0.6 is 0 Å². The Morgan fingerprint density at radius 1 is 1.06 bits per heavy atom. The van der Waals surface area contributed by atoms with Gasteiger partial charge in [-0.3, -0.25) is 14.4 Å². The number of ether oxygens (including phenoxy) is 1. The highest BCUT2D eigenvalue weighted by atomic mass is 16.5. The van der Waals surface area contributed by atoms with Gasteiger partial charge in [-0.1, -0.05) is 19.1 Å². The van der Waals surface area contributed by atoms with Crippen LogP contribution in [0.5, 0.6) is 0 Å². The molecule has 2 N–H and O–H groups in total. The van der Waals surface area contributed by atoms with E-state index in [-0.39, 0.29) is 36.9 Å². The summed E-state index contributed by atoms with van der Waals surface area (Å²) < 4.78 is 5.36. The summed E-state index contributed by atoms with van der Waals surface area (Å²) in [6, 6.07) is 6.98. The maximum atomic E-state index is 13.7. The van der Waals surface area contributed by atoms with Gasteiger partial charge in [0.05, 0.1) is 18.4 Å². The molecule has 5 atom stereocenters. The van der Waals surface area contributed by atoms with Gasteiger partial charge >= 0.3 is 5.97 Å². The predicted molar refractivity (Wildman–Crippen MR) is 140 cm³/mol. The molecule has 2 aliphatic rings. The number of amides is 2. The fraction of sp³-hybridized carbons (Fsp3) is 0.607. The monoisotopic (exact) mass is 499 g/mol. The van der Waals surface area contributed by atoms with Crippen molar-refractivity contribution < 1.29 is 24.2 Å². The number of likely N-dealkylation sites (tertiary alicyclic amines) is 1. The van der Waals surface area contributed by atoms with Crippen LogP contribution in [0.25, 0.3) is 0 Å². The number of nitrogens with zero attached hydrogens (tertiary/aromatic N) is 2. The average Bonchev–Trinajstić information content (AvgIpc) is 3.17. The van der Waals surface area contributed by atoms with Gasteiger partial charge in [0.15, 0.2) is 0 Å². The fourth-order valence-electron chi connectivity index (χ4n) is 5.64. The lowest BCUT2D eigenvalue weighted by atomic mass is 9.69. The van der Waals surface area contributed by atoms with Crippen molar-refractivity contribution in [2.75, 3.05) is 43.1 Å². The molecule has 2 amide bonds. The van der Waals surface area contributed by atoms with Crippen LogP contribution in [-0.4, -0.2) is 66.7 Å². The maximum Gasteiger partial charge on any atom is 0.310 e. The molecule has 8 nitrogen and oxygen atoms in total. The number of carbonyl (C=O) groups is 3. The van der Waals surface area contributed by atoms with Gasteiger partial charge in [0, 0.05) is 43.5 Å². The topological polar surface area (TPSA) is 99.2 Å². The second-order valence-corrected chi connectivity index (χ2v) is 9.45. The number of rotatable bonds is 12. The van der Waals surface area contributed by atoms with Crippen molar-refractivity contribution in [1.29, 1.82) is 0 Å². The molecule has 0 bridgehead atoms. The Bertz CT molecular complexity index is 928. The van der Waals surface area contributed by atoms with E-state index in [4.69, 9.17) is 4.74 Å². The molecular weight excluding hydrogens is 458 g/mol. The number of benzene rings is 1. The fourth-order valence-corrected chi connectivity index (χ4v) is 5.64. The number of hydrogen-bond donors (Lipinski definition) is 2.